The standard InChI is InChI=1S/C14H18/c1-2-4-6-8-10-12-14-13-11-9-7-5-3-1/h1-6,9,11,13-14H,7-8,10,12H2/b2-1-,5-3?,6-4?,11-9?,14-13?. The maximum absolute atomic E-state index is 2.23. The van der Waals surface area contributed by atoms with Crippen LogP contribution in [0.3, 0.4) is 0 Å². The van der Waals surface area contributed by atoms with Gasteiger partial charge in [0.15, 0.2) is 0 Å². The van der Waals surface area contributed by atoms with Crippen LogP contribution in [-0.2, 0) is 0 Å². The van der Waals surface area contributed by atoms with Gasteiger partial charge < -0.3 is 0 Å². The number of hydrogen-bond donors (Lipinski definition) is 0. The molecule has 0 N–H and O–H groups in total. The zero-order valence-electron chi connectivity index (χ0n) is 8.60. The van der Waals surface area contributed by atoms with E-state index in [9.17, 15) is 0 Å². The smallest absolute Gasteiger partial charge is 0.0163 e. The van der Waals surface area contributed by atoms with Crippen LogP contribution in [0.15, 0.2) is 60.8 Å². The van der Waals surface area contributed by atoms with Crippen molar-refractivity contribution in [1.29, 1.82) is 0 Å². The van der Waals surface area contributed by atoms with E-state index in [4.69, 9.17) is 0 Å². The Balaban J connectivity index is 2.45. The molecule has 74 valence electrons. The van der Waals surface area contributed by atoms with Crippen LogP contribution in [0, 0.1) is 0 Å². The van der Waals surface area contributed by atoms with Crippen LogP contribution in [0.2, 0.25) is 0 Å². The zero-order chi connectivity index (χ0) is 9.90. The average molecular weight is 186 g/mol. The van der Waals surface area contributed by atoms with Crippen LogP contribution < -0.4 is 0 Å². The summed E-state index contributed by atoms with van der Waals surface area (Å²) in [6.07, 6.45) is 26.0. The lowest BCUT2D eigenvalue weighted by atomic mass is 10.2. The third kappa shape index (κ3) is 6.24. The van der Waals surface area contributed by atoms with Gasteiger partial charge in [-0.05, 0) is 25.7 Å². The molecule has 0 saturated heterocycles. The summed E-state index contributed by atoms with van der Waals surface area (Å²) in [6.45, 7) is 0. The molecule has 0 heterocycles. The highest BCUT2D eigenvalue weighted by Gasteiger charge is 1.79. The Bertz CT molecular complexity index is 262. The van der Waals surface area contributed by atoms with Crippen LogP contribution >= 0.6 is 0 Å². The second-order valence-corrected chi connectivity index (χ2v) is 3.26. The molecule has 0 atom stereocenters. The van der Waals surface area contributed by atoms with Crippen molar-refractivity contribution in [1.82, 2.24) is 0 Å². The summed E-state index contributed by atoms with van der Waals surface area (Å²) < 4.78 is 0. The van der Waals surface area contributed by atoms with Crippen LogP contribution in [0.5, 0.6) is 0 Å². The Hall–Kier alpha value is -1.30. The second-order valence-electron chi connectivity index (χ2n) is 3.26. The van der Waals surface area contributed by atoms with E-state index < -0.39 is 0 Å². The summed E-state index contributed by atoms with van der Waals surface area (Å²) in [5.41, 5.74) is 0. The molecule has 0 aliphatic heterocycles. The molecule has 0 nitrogen and oxygen atoms in total. The highest BCUT2D eigenvalue weighted by Crippen LogP contribution is 1.99. The molecule has 14 heavy (non-hydrogen) atoms. The van der Waals surface area contributed by atoms with Crippen LogP contribution in [0.4, 0.5) is 0 Å². The first-order valence-electron chi connectivity index (χ1n) is 5.30. The quantitative estimate of drug-likeness (QED) is 0.528. The lowest BCUT2D eigenvalue weighted by Crippen LogP contribution is -1.68. The molecule has 0 fully saturated rings. The molecule has 0 aromatic rings. The van der Waals surface area contributed by atoms with Crippen molar-refractivity contribution >= 4 is 0 Å². The predicted octanol–water partition coefficient (Wildman–Crippen LogP) is 4.34. The molecule has 0 aromatic carbocycles. The Kier molecular flexibility index (Phi) is 6.39. The van der Waals surface area contributed by atoms with Crippen molar-refractivity contribution in [3.63, 3.8) is 0 Å². The molecule has 0 bridgehead atoms. The molecule has 0 aromatic heterocycles. The number of hydrogen-bond acceptors (Lipinski definition) is 0. The van der Waals surface area contributed by atoms with E-state index >= 15 is 0 Å². The van der Waals surface area contributed by atoms with Gasteiger partial charge >= 0.3 is 0 Å². The molecule has 0 saturated carbocycles. The third-order valence-electron chi connectivity index (χ3n) is 2.00. The van der Waals surface area contributed by atoms with Crippen molar-refractivity contribution in [2.75, 3.05) is 0 Å². The first kappa shape index (κ1) is 10.8. The summed E-state index contributed by atoms with van der Waals surface area (Å²) in [6, 6.07) is 0. The van der Waals surface area contributed by atoms with Crippen molar-refractivity contribution in [3.8, 4) is 0 Å². The lowest BCUT2D eigenvalue weighted by molar-refractivity contribution is 0.868. The molecule has 0 unspecified atom stereocenters. The molecular formula is C14H18. The summed E-state index contributed by atoms with van der Waals surface area (Å²) in [5, 5.41) is 0. The summed E-state index contributed by atoms with van der Waals surface area (Å²) >= 11 is 0. The molecule has 0 heteroatoms. The summed E-state index contributed by atoms with van der Waals surface area (Å²) in [5.74, 6) is 0. The topological polar surface area (TPSA) is 0 Å². The van der Waals surface area contributed by atoms with Gasteiger partial charge in [-0.15, -0.1) is 0 Å². The van der Waals surface area contributed by atoms with E-state index in [0.29, 0.717) is 0 Å². The first-order valence-corrected chi connectivity index (χ1v) is 5.30. The fourth-order valence-electron chi connectivity index (χ4n) is 1.22. The van der Waals surface area contributed by atoms with Gasteiger partial charge in [-0.25, -0.2) is 0 Å². The predicted molar refractivity (Wildman–Crippen MR) is 64.2 cm³/mol. The maximum Gasteiger partial charge on any atom is -0.0163 e. The molecule has 0 radical (unpaired) electrons. The Morgan fingerprint density at radius 3 is 1.71 bits per heavy atom. The first-order chi connectivity index (χ1) is 7.00. The molecule has 1 rings (SSSR count). The Morgan fingerprint density at radius 2 is 1.00 bits per heavy atom. The minimum absolute atomic E-state index is 1.01. The van der Waals surface area contributed by atoms with E-state index in [1.165, 1.54) is 19.3 Å². The van der Waals surface area contributed by atoms with Gasteiger partial charge in [0.2, 0.25) is 0 Å². The van der Waals surface area contributed by atoms with Crippen LogP contribution in [-0.4, -0.2) is 0 Å². The summed E-state index contributed by atoms with van der Waals surface area (Å²) in [4.78, 5) is 0. The number of allylic oxidation sites excluding steroid dienone is 10. The van der Waals surface area contributed by atoms with Crippen molar-refractivity contribution < 1.29 is 0 Å². The minimum Gasteiger partial charge on any atom is -0.0845 e. The maximum atomic E-state index is 2.23. The van der Waals surface area contributed by atoms with Crippen LogP contribution in [0.1, 0.15) is 25.7 Å². The van der Waals surface area contributed by atoms with Gasteiger partial charge in [0.05, 0.1) is 0 Å². The van der Waals surface area contributed by atoms with Gasteiger partial charge in [0.1, 0.15) is 0 Å². The number of rotatable bonds is 0. The zero-order valence-corrected chi connectivity index (χ0v) is 8.60. The van der Waals surface area contributed by atoms with Crippen molar-refractivity contribution in [2.45, 2.75) is 25.7 Å². The third-order valence-corrected chi connectivity index (χ3v) is 2.00. The normalized spacial score (nSPS) is 20.6. The minimum atomic E-state index is 1.01. The summed E-state index contributed by atoms with van der Waals surface area (Å²) in [7, 11) is 0. The van der Waals surface area contributed by atoms with Gasteiger partial charge in [0, 0.05) is 0 Å². The van der Waals surface area contributed by atoms with Gasteiger partial charge in [-0.1, -0.05) is 60.8 Å². The van der Waals surface area contributed by atoms with E-state index in [-0.39, 0.29) is 0 Å². The SMILES string of the molecule is C1=CCC=C/C=C\C=CCCCC=C1. The van der Waals surface area contributed by atoms with Crippen molar-refractivity contribution in [3.05, 3.63) is 60.8 Å². The van der Waals surface area contributed by atoms with E-state index in [2.05, 4.69) is 60.8 Å². The monoisotopic (exact) mass is 186 g/mol. The highest BCUT2D eigenvalue weighted by molar-refractivity contribution is 5.13. The van der Waals surface area contributed by atoms with E-state index in [1.54, 1.807) is 0 Å². The fraction of sp³-hybridized carbons (Fsp3) is 0.286. The molecule has 1 aliphatic rings. The lowest BCUT2D eigenvalue weighted by Gasteiger charge is -1.89. The van der Waals surface area contributed by atoms with Crippen LogP contribution in [0.25, 0.3) is 0 Å². The second kappa shape index (κ2) is 8.31. The molecule has 1 aliphatic carbocycles. The van der Waals surface area contributed by atoms with Gasteiger partial charge in [0.25, 0.3) is 0 Å². The average Bonchev–Trinajstić information content (AvgIpc) is 2.22. The fourth-order valence-corrected chi connectivity index (χ4v) is 1.22. The van der Waals surface area contributed by atoms with Gasteiger partial charge in [-0.2, -0.15) is 0 Å². The molecule has 0 spiro atoms. The largest absolute Gasteiger partial charge is 0.0845 e. The highest BCUT2D eigenvalue weighted by atomic mass is 13.9. The van der Waals surface area contributed by atoms with E-state index in [0.717, 1.165) is 6.42 Å². The van der Waals surface area contributed by atoms with Gasteiger partial charge in [-0.3, -0.25) is 0 Å². The molecular weight excluding hydrogens is 168 g/mol. The Morgan fingerprint density at radius 1 is 0.500 bits per heavy atom. The Labute approximate surface area is 87.0 Å². The van der Waals surface area contributed by atoms with Crippen molar-refractivity contribution in [2.24, 2.45) is 0 Å². The molecule has 0 amide bonds. The van der Waals surface area contributed by atoms with E-state index in [1.807, 2.05) is 0 Å².